The van der Waals surface area contributed by atoms with Crippen LogP contribution in [-0.2, 0) is 17.4 Å². The molecule has 0 saturated heterocycles. The van der Waals surface area contributed by atoms with Crippen molar-refractivity contribution in [3.8, 4) is 0 Å². The van der Waals surface area contributed by atoms with Crippen LogP contribution in [0.1, 0.15) is 70.9 Å². The standard InChI is InChI=1S/C18H27Cl6N2O3P/c1-3-5-7-9-11-28-30(27,29-12-10-8-6-4-2)26-15-13(19)16(18(22,23)24)25-17(21)14(15)20/h3-12H2,1-2H3,(H,25,26,27). The third kappa shape index (κ3) is 9.77. The highest BCUT2D eigenvalue weighted by Gasteiger charge is 2.34. The van der Waals surface area contributed by atoms with Gasteiger partial charge in [-0.05, 0) is 12.8 Å². The number of rotatable bonds is 14. The number of nitrogens with zero attached hydrogens (tertiary/aromatic N) is 1. The van der Waals surface area contributed by atoms with Crippen molar-refractivity contribution in [2.45, 2.75) is 69.0 Å². The molecule has 0 aliphatic heterocycles. The first-order valence-corrected chi connectivity index (χ1v) is 13.7. The molecule has 0 aliphatic rings. The number of hydrogen-bond acceptors (Lipinski definition) is 4. The van der Waals surface area contributed by atoms with E-state index in [1.54, 1.807) is 0 Å². The van der Waals surface area contributed by atoms with E-state index in [0.717, 1.165) is 51.4 Å². The van der Waals surface area contributed by atoms with Crippen molar-refractivity contribution < 1.29 is 13.6 Å². The molecule has 0 saturated carbocycles. The maximum atomic E-state index is 13.4. The summed E-state index contributed by atoms with van der Waals surface area (Å²) in [5.41, 5.74) is -0.173. The Labute approximate surface area is 209 Å². The predicted molar refractivity (Wildman–Crippen MR) is 130 cm³/mol. The number of halogens is 6. The third-order valence-electron chi connectivity index (χ3n) is 4.07. The Bertz CT molecular complexity index is 700. The van der Waals surface area contributed by atoms with Crippen LogP contribution in [0.5, 0.6) is 0 Å². The van der Waals surface area contributed by atoms with E-state index in [1.165, 1.54) is 0 Å². The zero-order valence-electron chi connectivity index (χ0n) is 17.0. The first kappa shape index (κ1) is 28.9. The van der Waals surface area contributed by atoms with Gasteiger partial charge in [-0.3, -0.25) is 14.1 Å². The first-order chi connectivity index (χ1) is 14.1. The van der Waals surface area contributed by atoms with Gasteiger partial charge in [-0.1, -0.05) is 122 Å². The van der Waals surface area contributed by atoms with E-state index in [-0.39, 0.29) is 39.8 Å². The van der Waals surface area contributed by atoms with Crippen molar-refractivity contribution >= 4 is 83.0 Å². The molecule has 12 heteroatoms. The van der Waals surface area contributed by atoms with Gasteiger partial charge in [0.05, 0.1) is 23.9 Å². The monoisotopic (exact) mass is 560 g/mol. The number of nitrogens with one attached hydrogen (secondary N) is 1. The van der Waals surface area contributed by atoms with Gasteiger partial charge in [-0.15, -0.1) is 0 Å². The smallest absolute Gasteiger partial charge is 0.292 e. The fraction of sp³-hybridized carbons (Fsp3) is 0.722. The molecule has 0 aromatic carbocycles. The van der Waals surface area contributed by atoms with Gasteiger partial charge in [0.25, 0.3) is 0 Å². The summed E-state index contributed by atoms with van der Waals surface area (Å²) in [5, 5.41) is 2.30. The summed E-state index contributed by atoms with van der Waals surface area (Å²) in [6, 6.07) is 0. The number of anilines is 1. The Morgan fingerprint density at radius 3 is 1.80 bits per heavy atom. The Morgan fingerprint density at radius 1 is 0.867 bits per heavy atom. The number of alkyl halides is 3. The molecule has 0 bridgehead atoms. The Hall–Kier alpha value is 0.840. The van der Waals surface area contributed by atoms with Crippen LogP contribution in [-0.4, -0.2) is 18.2 Å². The molecule has 0 fully saturated rings. The minimum absolute atomic E-state index is 0.0230. The van der Waals surface area contributed by atoms with Crippen LogP contribution in [0.2, 0.25) is 15.2 Å². The van der Waals surface area contributed by atoms with E-state index in [4.69, 9.17) is 78.7 Å². The lowest BCUT2D eigenvalue weighted by atomic mass is 10.2. The maximum Gasteiger partial charge on any atom is 0.432 e. The van der Waals surface area contributed by atoms with Crippen molar-refractivity contribution in [2.75, 3.05) is 18.3 Å². The van der Waals surface area contributed by atoms with E-state index in [1.807, 2.05) is 0 Å². The molecule has 5 nitrogen and oxygen atoms in total. The summed E-state index contributed by atoms with van der Waals surface area (Å²) in [6.07, 6.45) is 7.63. The fourth-order valence-corrected chi connectivity index (χ4v) is 5.33. The minimum atomic E-state index is -3.82. The summed E-state index contributed by atoms with van der Waals surface area (Å²) >= 11 is 36.4. The van der Waals surface area contributed by atoms with Crippen LogP contribution in [0.3, 0.4) is 0 Å². The van der Waals surface area contributed by atoms with Crippen molar-refractivity contribution in [1.82, 2.24) is 4.98 Å². The Kier molecular flexibility index (Phi) is 13.6. The summed E-state index contributed by atoms with van der Waals surface area (Å²) in [7, 11) is -3.82. The van der Waals surface area contributed by atoms with Gasteiger partial charge < -0.3 is 0 Å². The molecule has 1 N–H and O–H groups in total. The van der Waals surface area contributed by atoms with E-state index in [2.05, 4.69) is 23.9 Å². The fourth-order valence-electron chi connectivity index (χ4n) is 2.47. The SMILES string of the molecule is CCCCCCOP(=O)(Nc1c(Cl)c(Cl)nc(C(Cl)(Cl)Cl)c1Cl)OCCCCCC. The van der Waals surface area contributed by atoms with Crippen molar-refractivity contribution in [1.29, 1.82) is 0 Å². The predicted octanol–water partition coefficient (Wildman–Crippen LogP) is 9.58. The molecular formula is C18H27Cl6N2O3P. The molecule has 0 spiro atoms. The maximum absolute atomic E-state index is 13.4. The zero-order valence-corrected chi connectivity index (χ0v) is 22.4. The van der Waals surface area contributed by atoms with Crippen LogP contribution in [0.15, 0.2) is 0 Å². The molecule has 1 heterocycles. The van der Waals surface area contributed by atoms with Crippen LogP contribution in [0.25, 0.3) is 0 Å². The normalized spacial score (nSPS) is 12.4. The van der Waals surface area contributed by atoms with Gasteiger partial charge in [0, 0.05) is 0 Å². The number of pyridine rings is 1. The molecule has 1 aromatic heterocycles. The molecule has 0 amide bonds. The van der Waals surface area contributed by atoms with Gasteiger partial charge >= 0.3 is 7.75 Å². The van der Waals surface area contributed by atoms with Crippen molar-refractivity contribution in [2.24, 2.45) is 0 Å². The molecule has 1 rings (SSSR count). The molecule has 0 unspecified atom stereocenters. The average molecular weight is 563 g/mol. The van der Waals surface area contributed by atoms with Gasteiger partial charge in [0.2, 0.25) is 3.79 Å². The quantitative estimate of drug-likeness (QED) is 0.106. The van der Waals surface area contributed by atoms with Gasteiger partial charge in [0.15, 0.2) is 0 Å². The summed E-state index contributed by atoms with van der Waals surface area (Å²) in [5.74, 6) is 0. The summed E-state index contributed by atoms with van der Waals surface area (Å²) in [4.78, 5) is 3.92. The van der Waals surface area contributed by atoms with E-state index >= 15 is 0 Å². The highest BCUT2D eigenvalue weighted by molar-refractivity contribution is 7.55. The van der Waals surface area contributed by atoms with Gasteiger partial charge in [0.1, 0.15) is 15.9 Å². The lowest BCUT2D eigenvalue weighted by Gasteiger charge is -2.23. The number of unbranched alkanes of at least 4 members (excludes halogenated alkanes) is 6. The Morgan fingerprint density at radius 2 is 1.37 bits per heavy atom. The topological polar surface area (TPSA) is 60.5 Å². The Balaban J connectivity index is 3.07. The van der Waals surface area contributed by atoms with Crippen LogP contribution < -0.4 is 5.09 Å². The third-order valence-corrected chi connectivity index (χ3v) is 7.26. The zero-order chi connectivity index (χ0) is 22.8. The number of hydrogen-bond donors (Lipinski definition) is 1. The highest BCUT2D eigenvalue weighted by Crippen LogP contribution is 2.54. The molecular weight excluding hydrogens is 536 g/mol. The lowest BCUT2D eigenvalue weighted by Crippen LogP contribution is -2.11. The lowest BCUT2D eigenvalue weighted by molar-refractivity contribution is 0.202. The van der Waals surface area contributed by atoms with Crippen molar-refractivity contribution in [3.63, 3.8) is 0 Å². The molecule has 0 atom stereocenters. The molecule has 0 aliphatic carbocycles. The van der Waals surface area contributed by atoms with Gasteiger partial charge in [-0.25, -0.2) is 9.55 Å². The molecule has 1 aromatic rings. The van der Waals surface area contributed by atoms with Crippen LogP contribution in [0, 0.1) is 0 Å². The van der Waals surface area contributed by atoms with Gasteiger partial charge in [-0.2, -0.15) is 0 Å². The number of aromatic nitrogens is 1. The molecule has 0 radical (unpaired) electrons. The van der Waals surface area contributed by atoms with Crippen LogP contribution in [0.4, 0.5) is 5.69 Å². The van der Waals surface area contributed by atoms with E-state index < -0.39 is 11.5 Å². The van der Waals surface area contributed by atoms with Crippen LogP contribution >= 0.6 is 77.4 Å². The summed E-state index contributed by atoms with van der Waals surface area (Å²) in [6.45, 7) is 4.69. The van der Waals surface area contributed by atoms with E-state index in [0.29, 0.717) is 0 Å². The minimum Gasteiger partial charge on any atom is -0.292 e. The van der Waals surface area contributed by atoms with Crippen molar-refractivity contribution in [3.05, 3.63) is 20.9 Å². The van der Waals surface area contributed by atoms with E-state index in [9.17, 15) is 4.57 Å². The second-order valence-corrected chi connectivity index (χ2v) is 11.8. The molecule has 174 valence electrons. The second-order valence-electron chi connectivity index (χ2n) is 6.65. The second kappa shape index (κ2) is 14.2. The average Bonchev–Trinajstić information content (AvgIpc) is 2.67. The summed E-state index contributed by atoms with van der Waals surface area (Å²) < 4.78 is 22.6. The molecule has 30 heavy (non-hydrogen) atoms. The largest absolute Gasteiger partial charge is 0.432 e. The first-order valence-electron chi connectivity index (χ1n) is 9.84. The highest BCUT2D eigenvalue weighted by atomic mass is 35.6.